The van der Waals surface area contributed by atoms with Crippen LogP contribution in [0.2, 0.25) is 0 Å². The van der Waals surface area contributed by atoms with E-state index in [4.69, 9.17) is 14.9 Å². The number of ether oxygens (including phenoxy) is 2. The minimum absolute atomic E-state index is 0.368. The number of rotatable bonds is 2. The van der Waals surface area contributed by atoms with Crippen molar-refractivity contribution in [3.8, 4) is 18.2 Å². The molecule has 3 rings (SSSR count). The first kappa shape index (κ1) is 17.4. The Morgan fingerprint density at radius 2 is 1.76 bits per heavy atom. The monoisotopic (exact) mass is 398 g/mol. The van der Waals surface area contributed by atoms with Crippen LogP contribution in [0.15, 0.2) is 28.7 Å². The molecule has 4 atom stereocenters. The van der Waals surface area contributed by atoms with E-state index in [2.05, 4.69) is 22.0 Å². The molecule has 2 saturated heterocycles. The van der Waals surface area contributed by atoms with Crippen LogP contribution in [0.1, 0.15) is 31.9 Å². The molecule has 1 N–H and O–H groups in total. The van der Waals surface area contributed by atoms with Crippen molar-refractivity contribution in [3.05, 3.63) is 34.3 Å². The van der Waals surface area contributed by atoms with Gasteiger partial charge in [0.25, 0.3) is 0 Å². The van der Waals surface area contributed by atoms with Gasteiger partial charge in [0.05, 0.1) is 24.1 Å². The number of nitrogens with one attached hydrogen (secondary N) is 1. The fourth-order valence-corrected chi connectivity index (χ4v) is 4.25. The molecule has 1 aromatic carbocycles. The molecule has 2 bridgehead atoms. The first-order valence-electron chi connectivity index (χ1n) is 7.82. The number of hydrogen-bond acceptors (Lipinski definition) is 6. The van der Waals surface area contributed by atoms with Crippen LogP contribution in [0.3, 0.4) is 0 Å². The van der Waals surface area contributed by atoms with E-state index in [1.165, 1.54) is 0 Å². The second-order valence-corrected chi connectivity index (χ2v) is 7.23. The lowest BCUT2D eigenvalue weighted by Gasteiger charge is -2.48. The van der Waals surface area contributed by atoms with Crippen molar-refractivity contribution in [2.24, 2.45) is 16.7 Å². The van der Waals surface area contributed by atoms with Crippen LogP contribution in [-0.2, 0) is 9.47 Å². The summed E-state index contributed by atoms with van der Waals surface area (Å²) < 4.78 is 12.7. The van der Waals surface area contributed by atoms with Crippen molar-refractivity contribution >= 4 is 21.8 Å². The van der Waals surface area contributed by atoms with Crippen LogP contribution >= 0.6 is 15.9 Å². The van der Waals surface area contributed by atoms with Crippen molar-refractivity contribution in [1.29, 1.82) is 21.2 Å². The third-order valence-corrected chi connectivity index (χ3v) is 6.00. The van der Waals surface area contributed by atoms with E-state index in [1.54, 1.807) is 31.2 Å². The molecule has 126 valence electrons. The number of benzene rings is 1. The molecule has 2 fully saturated rings. The molecule has 0 amide bonds. The second kappa shape index (κ2) is 5.56. The molecular formula is C18H15BrN4O2. The summed E-state index contributed by atoms with van der Waals surface area (Å²) in [6.07, 6.45) is -0.616. The molecule has 0 aromatic heterocycles. The third kappa shape index (κ3) is 1.87. The fourth-order valence-electron chi connectivity index (χ4n) is 3.98. The second-order valence-electron chi connectivity index (χ2n) is 6.32. The highest BCUT2D eigenvalue weighted by Crippen LogP contribution is 2.66. The topological polar surface area (TPSA) is 114 Å². The molecule has 2 heterocycles. The van der Waals surface area contributed by atoms with Gasteiger partial charge in [0, 0.05) is 10.9 Å². The van der Waals surface area contributed by atoms with E-state index in [0.717, 1.165) is 4.47 Å². The van der Waals surface area contributed by atoms with Gasteiger partial charge in [-0.15, -0.1) is 0 Å². The predicted molar refractivity (Wildman–Crippen MR) is 90.7 cm³/mol. The zero-order chi connectivity index (χ0) is 18.5. The van der Waals surface area contributed by atoms with Crippen LogP contribution in [0.4, 0.5) is 0 Å². The van der Waals surface area contributed by atoms with E-state index in [-0.39, 0.29) is 5.90 Å². The summed E-state index contributed by atoms with van der Waals surface area (Å²) in [6.45, 7) is 3.54. The summed E-state index contributed by atoms with van der Waals surface area (Å²) in [6, 6.07) is 13.2. The highest BCUT2D eigenvalue weighted by atomic mass is 79.9. The molecule has 6 nitrogen and oxygen atoms in total. The Morgan fingerprint density at radius 1 is 1.16 bits per heavy atom. The van der Waals surface area contributed by atoms with Gasteiger partial charge in [0.1, 0.15) is 6.10 Å². The van der Waals surface area contributed by atoms with Gasteiger partial charge in [0.15, 0.2) is 5.41 Å². The van der Waals surface area contributed by atoms with Crippen LogP contribution in [-0.4, -0.2) is 11.7 Å². The Bertz CT molecular complexity index is 849. The van der Waals surface area contributed by atoms with Crippen molar-refractivity contribution in [2.75, 3.05) is 0 Å². The summed E-state index contributed by atoms with van der Waals surface area (Å²) in [5, 5.41) is 38.2. The van der Waals surface area contributed by atoms with E-state index in [9.17, 15) is 15.8 Å². The fraction of sp³-hybridized carbons (Fsp3) is 0.444. The van der Waals surface area contributed by atoms with Gasteiger partial charge >= 0.3 is 0 Å². The lowest BCUT2D eigenvalue weighted by Crippen LogP contribution is -2.58. The molecule has 2 aliphatic rings. The summed E-state index contributed by atoms with van der Waals surface area (Å²) in [5.41, 5.74) is -2.99. The zero-order valence-electron chi connectivity index (χ0n) is 13.7. The highest BCUT2D eigenvalue weighted by Gasteiger charge is 2.78. The van der Waals surface area contributed by atoms with Crippen molar-refractivity contribution < 1.29 is 9.47 Å². The van der Waals surface area contributed by atoms with Crippen LogP contribution < -0.4 is 0 Å². The molecule has 7 heteroatoms. The lowest BCUT2D eigenvalue weighted by atomic mass is 9.53. The summed E-state index contributed by atoms with van der Waals surface area (Å²) in [7, 11) is 0. The van der Waals surface area contributed by atoms with Gasteiger partial charge in [-0.2, -0.15) is 15.8 Å². The quantitative estimate of drug-likeness (QED) is 0.812. The Labute approximate surface area is 154 Å². The van der Waals surface area contributed by atoms with Crippen molar-refractivity contribution in [3.63, 3.8) is 0 Å². The van der Waals surface area contributed by atoms with E-state index >= 15 is 0 Å². The molecule has 0 spiro atoms. The highest BCUT2D eigenvalue weighted by molar-refractivity contribution is 9.10. The van der Waals surface area contributed by atoms with Gasteiger partial charge in [-0.05, 0) is 17.7 Å². The average molecular weight is 399 g/mol. The summed E-state index contributed by atoms with van der Waals surface area (Å²) in [4.78, 5) is 0. The molecule has 2 aliphatic heterocycles. The van der Waals surface area contributed by atoms with E-state index in [1.807, 2.05) is 19.1 Å². The zero-order valence-corrected chi connectivity index (χ0v) is 15.3. The maximum atomic E-state index is 9.99. The Hall–Kier alpha value is -2.40. The SMILES string of the molecule is CC[C@@]12OC(=N)[C@](C#N)([C@H]1C)C(C#N)(C#N)[C@H](c1ccc(Br)cc1)O2. The third-order valence-electron chi connectivity index (χ3n) is 5.47. The number of hydrogen-bond donors (Lipinski definition) is 1. The number of nitrogens with zero attached hydrogens (tertiary/aromatic N) is 3. The van der Waals surface area contributed by atoms with Gasteiger partial charge in [0.2, 0.25) is 17.1 Å². The smallest absolute Gasteiger partial charge is 0.217 e. The Morgan fingerprint density at radius 3 is 2.24 bits per heavy atom. The summed E-state index contributed by atoms with van der Waals surface area (Å²) in [5.74, 6) is -2.21. The van der Waals surface area contributed by atoms with E-state index < -0.39 is 28.6 Å². The average Bonchev–Trinajstić information content (AvgIpc) is 2.79. The largest absolute Gasteiger partial charge is 0.447 e. The number of halogens is 1. The predicted octanol–water partition coefficient (Wildman–Crippen LogP) is 3.81. The lowest BCUT2D eigenvalue weighted by molar-refractivity contribution is -0.280. The molecule has 0 radical (unpaired) electrons. The number of nitriles is 3. The minimum atomic E-state index is -1.89. The number of fused-ring (bicyclic) bond motifs is 2. The van der Waals surface area contributed by atoms with Gasteiger partial charge in [-0.25, -0.2) is 0 Å². The van der Waals surface area contributed by atoms with Crippen molar-refractivity contribution in [1.82, 2.24) is 0 Å². The van der Waals surface area contributed by atoms with Crippen LogP contribution in [0.5, 0.6) is 0 Å². The molecule has 25 heavy (non-hydrogen) atoms. The van der Waals surface area contributed by atoms with Crippen molar-refractivity contribution in [2.45, 2.75) is 32.2 Å². The Balaban J connectivity index is 2.32. The minimum Gasteiger partial charge on any atom is -0.447 e. The van der Waals surface area contributed by atoms with Gasteiger partial charge in [-0.1, -0.05) is 41.9 Å². The van der Waals surface area contributed by atoms with Gasteiger partial charge < -0.3 is 9.47 Å². The standard InChI is InChI=1S/C18H15BrN4O2/c1-3-18-11(2)17(10-22,15(23)25-18)16(8-20,9-21)14(24-18)12-4-6-13(19)7-5-12/h4-7,11,14,23H,3H2,1-2H3/t11-,14+,17+,18-/m1/s1. The Kier molecular flexibility index (Phi) is 3.88. The summed E-state index contributed by atoms with van der Waals surface area (Å²) >= 11 is 3.35. The first-order valence-corrected chi connectivity index (χ1v) is 8.61. The van der Waals surface area contributed by atoms with Crippen LogP contribution in [0.25, 0.3) is 0 Å². The van der Waals surface area contributed by atoms with E-state index in [0.29, 0.717) is 12.0 Å². The maximum Gasteiger partial charge on any atom is 0.217 e. The molecular weight excluding hydrogens is 384 g/mol. The maximum absolute atomic E-state index is 9.99. The molecule has 1 aromatic rings. The first-order chi connectivity index (χ1) is 11.9. The molecule has 0 aliphatic carbocycles. The molecule has 0 saturated carbocycles. The van der Waals surface area contributed by atoms with Gasteiger partial charge in [-0.3, -0.25) is 5.41 Å². The molecule has 0 unspecified atom stereocenters. The van der Waals surface area contributed by atoms with Crippen LogP contribution in [0, 0.1) is 56.2 Å². The normalized spacial score (nSPS) is 35.1.